The normalized spacial score (nSPS) is 12.1. The average Bonchev–Trinajstić information content (AvgIpc) is 2.49. The van der Waals surface area contributed by atoms with Crippen LogP contribution in [-0.4, -0.2) is 47.6 Å². The van der Waals surface area contributed by atoms with Gasteiger partial charge in [-0.3, -0.25) is 9.59 Å². The van der Waals surface area contributed by atoms with Gasteiger partial charge in [-0.25, -0.2) is 4.39 Å². The minimum atomic E-state index is -0.691. The van der Waals surface area contributed by atoms with Crippen molar-refractivity contribution >= 4 is 11.8 Å². The molecule has 0 aromatic heterocycles. The lowest BCUT2D eigenvalue weighted by atomic mass is 10.0. The number of carbonyl (C=O) groups is 2. The van der Waals surface area contributed by atoms with Gasteiger partial charge >= 0.3 is 0 Å². The lowest BCUT2D eigenvalue weighted by Crippen LogP contribution is -2.51. The first-order valence-electron chi connectivity index (χ1n) is 7.36. The van der Waals surface area contributed by atoms with Crippen molar-refractivity contribution in [1.29, 1.82) is 0 Å². The molecule has 6 heteroatoms. The number of halogens is 1. The summed E-state index contributed by atoms with van der Waals surface area (Å²) in [7, 11) is 0. The first-order valence-corrected chi connectivity index (χ1v) is 7.36. The summed E-state index contributed by atoms with van der Waals surface area (Å²) in [5, 5.41) is 11.7. The fourth-order valence-electron chi connectivity index (χ4n) is 2.08. The third-order valence-electron chi connectivity index (χ3n) is 3.39. The largest absolute Gasteiger partial charge is 0.395 e. The van der Waals surface area contributed by atoms with Gasteiger partial charge in [0.2, 0.25) is 5.91 Å². The number of hydrogen-bond acceptors (Lipinski definition) is 3. The highest BCUT2D eigenvalue weighted by Crippen LogP contribution is 2.09. The van der Waals surface area contributed by atoms with Crippen LogP contribution in [0.1, 0.15) is 31.1 Å². The zero-order valence-corrected chi connectivity index (χ0v) is 13.2. The highest BCUT2D eigenvalue weighted by Gasteiger charge is 2.28. The van der Waals surface area contributed by atoms with Crippen LogP contribution < -0.4 is 5.32 Å². The summed E-state index contributed by atoms with van der Waals surface area (Å²) in [6, 6.07) is 4.45. The van der Waals surface area contributed by atoms with Gasteiger partial charge in [-0.1, -0.05) is 13.8 Å². The van der Waals surface area contributed by atoms with Gasteiger partial charge in [-0.05, 0) is 37.1 Å². The van der Waals surface area contributed by atoms with Crippen molar-refractivity contribution in [3.8, 4) is 0 Å². The molecule has 1 aromatic carbocycles. The summed E-state index contributed by atoms with van der Waals surface area (Å²) in [4.78, 5) is 26.2. The summed E-state index contributed by atoms with van der Waals surface area (Å²) < 4.78 is 12.9. The molecule has 0 fully saturated rings. The Kier molecular flexibility index (Phi) is 6.98. The lowest BCUT2D eigenvalue weighted by molar-refractivity contribution is -0.134. The molecule has 0 radical (unpaired) electrons. The van der Waals surface area contributed by atoms with Crippen molar-refractivity contribution in [2.75, 3.05) is 19.7 Å². The van der Waals surface area contributed by atoms with Gasteiger partial charge in [-0.15, -0.1) is 0 Å². The standard InChI is InChI=1S/C16H23FN2O3/c1-4-19(9-10-20)16(22)14(11(2)3)18-15(21)12-5-7-13(17)8-6-12/h5-8,11,14,20H,4,9-10H2,1-3H3,(H,18,21). The van der Waals surface area contributed by atoms with Crippen molar-refractivity contribution in [3.05, 3.63) is 35.6 Å². The van der Waals surface area contributed by atoms with Crippen LogP contribution in [-0.2, 0) is 4.79 Å². The highest BCUT2D eigenvalue weighted by atomic mass is 19.1. The number of benzene rings is 1. The van der Waals surface area contributed by atoms with E-state index in [1.807, 2.05) is 20.8 Å². The number of aliphatic hydroxyl groups excluding tert-OH is 1. The van der Waals surface area contributed by atoms with Crippen molar-refractivity contribution in [2.45, 2.75) is 26.8 Å². The van der Waals surface area contributed by atoms with Crippen LogP contribution in [0.5, 0.6) is 0 Å². The number of amides is 2. The predicted octanol–water partition coefficient (Wildman–Crippen LogP) is 1.42. The predicted molar refractivity (Wildman–Crippen MR) is 81.8 cm³/mol. The van der Waals surface area contributed by atoms with E-state index < -0.39 is 17.8 Å². The lowest BCUT2D eigenvalue weighted by Gasteiger charge is -2.28. The summed E-state index contributed by atoms with van der Waals surface area (Å²) in [5.41, 5.74) is 0.296. The second-order valence-corrected chi connectivity index (χ2v) is 5.34. The van der Waals surface area contributed by atoms with Crippen LogP contribution >= 0.6 is 0 Å². The SMILES string of the molecule is CCN(CCO)C(=O)C(NC(=O)c1ccc(F)cc1)C(C)C. The molecule has 0 aliphatic carbocycles. The van der Waals surface area contributed by atoms with Gasteiger partial charge in [0, 0.05) is 18.7 Å². The maximum absolute atomic E-state index is 12.9. The van der Waals surface area contributed by atoms with Crippen molar-refractivity contribution in [3.63, 3.8) is 0 Å². The highest BCUT2D eigenvalue weighted by molar-refractivity contribution is 5.97. The van der Waals surface area contributed by atoms with Crippen LogP contribution in [0, 0.1) is 11.7 Å². The van der Waals surface area contributed by atoms with Crippen LogP contribution in [0.25, 0.3) is 0 Å². The first kappa shape index (κ1) is 18.1. The third kappa shape index (κ3) is 4.80. The molecule has 0 bridgehead atoms. The Balaban J connectivity index is 2.85. The topological polar surface area (TPSA) is 69.6 Å². The third-order valence-corrected chi connectivity index (χ3v) is 3.39. The molecule has 1 unspecified atom stereocenters. The van der Waals surface area contributed by atoms with E-state index >= 15 is 0 Å². The van der Waals surface area contributed by atoms with Gasteiger partial charge in [0.15, 0.2) is 0 Å². The smallest absolute Gasteiger partial charge is 0.251 e. The van der Waals surface area contributed by atoms with E-state index in [9.17, 15) is 14.0 Å². The quantitative estimate of drug-likeness (QED) is 0.800. The number of nitrogens with zero attached hydrogens (tertiary/aromatic N) is 1. The minimum Gasteiger partial charge on any atom is -0.395 e. The van der Waals surface area contributed by atoms with Gasteiger partial charge in [0.1, 0.15) is 11.9 Å². The number of hydrogen-bond donors (Lipinski definition) is 2. The Labute approximate surface area is 130 Å². The fourth-order valence-corrected chi connectivity index (χ4v) is 2.08. The molecule has 122 valence electrons. The monoisotopic (exact) mass is 310 g/mol. The van der Waals surface area contributed by atoms with Crippen LogP contribution in [0.3, 0.4) is 0 Å². The zero-order valence-electron chi connectivity index (χ0n) is 13.2. The number of rotatable bonds is 7. The van der Waals surface area contributed by atoms with E-state index in [0.29, 0.717) is 12.1 Å². The van der Waals surface area contributed by atoms with Gasteiger partial charge < -0.3 is 15.3 Å². The van der Waals surface area contributed by atoms with E-state index in [0.717, 1.165) is 0 Å². The van der Waals surface area contributed by atoms with E-state index in [1.165, 1.54) is 29.2 Å². The number of carbonyl (C=O) groups excluding carboxylic acids is 2. The summed E-state index contributed by atoms with van der Waals surface area (Å²) in [6.45, 7) is 6.03. The van der Waals surface area contributed by atoms with Crippen LogP contribution in [0.4, 0.5) is 4.39 Å². The molecule has 1 aromatic rings. The molecule has 0 heterocycles. The Bertz CT molecular complexity index is 503. The van der Waals surface area contributed by atoms with Crippen molar-refractivity contribution in [2.24, 2.45) is 5.92 Å². The average molecular weight is 310 g/mol. The van der Waals surface area contributed by atoms with E-state index in [-0.39, 0.29) is 25.0 Å². The molecule has 1 rings (SSSR count). The molecule has 0 saturated carbocycles. The maximum atomic E-state index is 12.9. The molecule has 22 heavy (non-hydrogen) atoms. The molecule has 0 aliphatic rings. The van der Waals surface area contributed by atoms with Crippen molar-refractivity contribution < 1.29 is 19.1 Å². The Morgan fingerprint density at radius 2 is 1.86 bits per heavy atom. The van der Waals surface area contributed by atoms with Crippen LogP contribution in [0.2, 0.25) is 0 Å². The molecular formula is C16H23FN2O3. The fraction of sp³-hybridized carbons (Fsp3) is 0.500. The number of aliphatic hydroxyl groups is 1. The second-order valence-electron chi connectivity index (χ2n) is 5.34. The summed E-state index contributed by atoms with van der Waals surface area (Å²) in [5.74, 6) is -1.19. The molecule has 0 spiro atoms. The minimum absolute atomic E-state index is 0.107. The maximum Gasteiger partial charge on any atom is 0.251 e. The molecule has 5 nitrogen and oxygen atoms in total. The second kappa shape index (κ2) is 8.48. The van der Waals surface area contributed by atoms with E-state index in [2.05, 4.69) is 5.32 Å². The van der Waals surface area contributed by atoms with Crippen molar-refractivity contribution in [1.82, 2.24) is 10.2 Å². The van der Waals surface area contributed by atoms with Crippen LogP contribution in [0.15, 0.2) is 24.3 Å². The van der Waals surface area contributed by atoms with Gasteiger partial charge in [0.05, 0.1) is 6.61 Å². The Hall–Kier alpha value is -1.95. The Morgan fingerprint density at radius 3 is 2.32 bits per heavy atom. The summed E-state index contributed by atoms with van der Waals surface area (Å²) >= 11 is 0. The molecule has 1 atom stereocenters. The molecule has 2 amide bonds. The molecule has 0 saturated heterocycles. The zero-order chi connectivity index (χ0) is 16.7. The first-order chi connectivity index (χ1) is 10.4. The van der Waals surface area contributed by atoms with E-state index in [4.69, 9.17) is 5.11 Å². The van der Waals surface area contributed by atoms with Gasteiger partial charge in [-0.2, -0.15) is 0 Å². The summed E-state index contributed by atoms with van der Waals surface area (Å²) in [6.07, 6.45) is 0. The van der Waals surface area contributed by atoms with Gasteiger partial charge in [0.25, 0.3) is 5.91 Å². The van der Waals surface area contributed by atoms with E-state index in [1.54, 1.807) is 0 Å². The molecular weight excluding hydrogens is 287 g/mol. The molecule has 0 aliphatic heterocycles. The molecule has 2 N–H and O–H groups in total. The number of likely N-dealkylation sites (N-methyl/N-ethyl adjacent to an activating group) is 1. The Morgan fingerprint density at radius 1 is 1.27 bits per heavy atom. The number of nitrogens with one attached hydrogen (secondary N) is 1.